The minimum atomic E-state index is -0.450. The van der Waals surface area contributed by atoms with Crippen molar-refractivity contribution in [1.82, 2.24) is 4.90 Å². The molecule has 24 heavy (non-hydrogen) atoms. The van der Waals surface area contributed by atoms with Crippen LogP contribution in [0.4, 0.5) is 11.4 Å². The molecule has 0 aromatic heterocycles. The van der Waals surface area contributed by atoms with Crippen molar-refractivity contribution < 1.29 is 9.72 Å². The van der Waals surface area contributed by atoms with Crippen molar-refractivity contribution in [2.24, 2.45) is 11.8 Å². The molecule has 1 aromatic carbocycles. The van der Waals surface area contributed by atoms with Gasteiger partial charge in [0.05, 0.1) is 4.92 Å². The van der Waals surface area contributed by atoms with Crippen LogP contribution in [0.1, 0.15) is 43.5 Å². The number of piperidine rings is 1. The molecule has 0 N–H and O–H groups in total. The molecule has 6 heteroatoms. The minimum absolute atomic E-state index is 0.0891. The van der Waals surface area contributed by atoms with Crippen LogP contribution < -0.4 is 4.90 Å². The molecule has 1 aromatic rings. The number of rotatable bonds is 3. The van der Waals surface area contributed by atoms with E-state index in [2.05, 4.69) is 18.7 Å². The average molecular weight is 331 g/mol. The predicted octanol–water partition coefficient (Wildman–Crippen LogP) is 3.31. The van der Waals surface area contributed by atoms with Crippen molar-refractivity contribution >= 4 is 17.3 Å². The molecule has 1 amide bonds. The molecule has 2 aliphatic rings. The summed E-state index contributed by atoms with van der Waals surface area (Å²) in [6.07, 6.45) is 3.14. The summed E-state index contributed by atoms with van der Waals surface area (Å²) in [5, 5.41) is 11.4. The number of anilines is 1. The van der Waals surface area contributed by atoms with E-state index in [1.54, 1.807) is 17.0 Å². The fourth-order valence-electron chi connectivity index (χ4n) is 4.02. The van der Waals surface area contributed by atoms with E-state index in [9.17, 15) is 14.9 Å². The Labute approximate surface area is 142 Å². The lowest BCUT2D eigenvalue weighted by Gasteiger charge is -2.36. The SMILES string of the molecule is C[C@H]1C[C@H](C)CN(c2ccc([N+](=O)[O-])c(C(=O)N3CCCC3)c2)C1. The molecule has 0 radical (unpaired) electrons. The van der Waals surface area contributed by atoms with Crippen molar-refractivity contribution in [3.05, 3.63) is 33.9 Å². The van der Waals surface area contributed by atoms with E-state index in [1.165, 1.54) is 12.5 Å². The van der Waals surface area contributed by atoms with E-state index in [4.69, 9.17) is 0 Å². The maximum absolute atomic E-state index is 12.7. The molecule has 2 fully saturated rings. The molecule has 0 aliphatic carbocycles. The maximum Gasteiger partial charge on any atom is 0.282 e. The summed E-state index contributed by atoms with van der Waals surface area (Å²) in [6, 6.07) is 5.00. The third-order valence-corrected chi connectivity index (χ3v) is 5.03. The van der Waals surface area contributed by atoms with Gasteiger partial charge in [0, 0.05) is 37.9 Å². The monoisotopic (exact) mass is 331 g/mol. The number of carbonyl (C=O) groups is 1. The summed E-state index contributed by atoms with van der Waals surface area (Å²) in [6.45, 7) is 7.70. The molecule has 0 spiro atoms. The van der Waals surface area contributed by atoms with Crippen LogP contribution >= 0.6 is 0 Å². The molecular formula is C18H25N3O3. The summed E-state index contributed by atoms with van der Waals surface area (Å²) >= 11 is 0. The Hall–Kier alpha value is -2.11. The van der Waals surface area contributed by atoms with Crippen molar-refractivity contribution in [3.8, 4) is 0 Å². The van der Waals surface area contributed by atoms with Gasteiger partial charge in [0.25, 0.3) is 11.6 Å². The van der Waals surface area contributed by atoms with Gasteiger partial charge in [0.15, 0.2) is 0 Å². The van der Waals surface area contributed by atoms with E-state index in [0.29, 0.717) is 24.9 Å². The van der Waals surface area contributed by atoms with Gasteiger partial charge in [0.1, 0.15) is 5.56 Å². The highest BCUT2D eigenvalue weighted by molar-refractivity contribution is 5.99. The number of benzene rings is 1. The molecule has 2 aliphatic heterocycles. The van der Waals surface area contributed by atoms with Gasteiger partial charge in [-0.2, -0.15) is 0 Å². The molecule has 130 valence electrons. The number of hydrogen-bond donors (Lipinski definition) is 0. The van der Waals surface area contributed by atoms with Crippen molar-refractivity contribution in [1.29, 1.82) is 0 Å². The van der Waals surface area contributed by atoms with Crippen LogP contribution in [-0.2, 0) is 0 Å². The number of amides is 1. The van der Waals surface area contributed by atoms with E-state index in [-0.39, 0.29) is 17.2 Å². The number of likely N-dealkylation sites (tertiary alicyclic amines) is 1. The second kappa shape index (κ2) is 6.79. The van der Waals surface area contributed by atoms with E-state index in [1.807, 2.05) is 0 Å². The average Bonchev–Trinajstić information content (AvgIpc) is 3.07. The van der Waals surface area contributed by atoms with Crippen LogP contribution in [0.3, 0.4) is 0 Å². The number of nitro benzene ring substituents is 1. The molecule has 6 nitrogen and oxygen atoms in total. The standard InChI is InChI=1S/C18H25N3O3/c1-13-9-14(2)12-20(11-13)15-5-6-17(21(23)24)16(10-15)18(22)19-7-3-4-8-19/h5-6,10,13-14H,3-4,7-9,11-12H2,1-2H3/t13-,14-/m0/s1. The van der Waals surface area contributed by atoms with Gasteiger partial charge in [-0.15, -0.1) is 0 Å². The smallest absolute Gasteiger partial charge is 0.282 e. The zero-order valence-corrected chi connectivity index (χ0v) is 14.4. The fraction of sp³-hybridized carbons (Fsp3) is 0.611. The lowest BCUT2D eigenvalue weighted by Crippen LogP contribution is -2.39. The van der Waals surface area contributed by atoms with E-state index in [0.717, 1.165) is 31.6 Å². The summed E-state index contributed by atoms with van der Waals surface area (Å²) in [5.41, 5.74) is 1.06. The van der Waals surface area contributed by atoms with Gasteiger partial charge in [-0.3, -0.25) is 14.9 Å². The zero-order valence-electron chi connectivity index (χ0n) is 14.4. The van der Waals surface area contributed by atoms with Crippen LogP contribution in [0, 0.1) is 22.0 Å². The van der Waals surface area contributed by atoms with Gasteiger partial charge in [-0.1, -0.05) is 13.8 Å². The molecule has 2 atom stereocenters. The first kappa shape index (κ1) is 16.7. The van der Waals surface area contributed by atoms with Crippen LogP contribution in [0.15, 0.2) is 18.2 Å². The second-order valence-electron chi connectivity index (χ2n) is 7.31. The van der Waals surface area contributed by atoms with E-state index < -0.39 is 4.92 Å². The highest BCUT2D eigenvalue weighted by Gasteiger charge is 2.29. The normalized spacial score (nSPS) is 24.2. The van der Waals surface area contributed by atoms with Gasteiger partial charge in [-0.05, 0) is 43.2 Å². The molecule has 0 saturated carbocycles. The number of nitro groups is 1. The maximum atomic E-state index is 12.7. The molecule has 0 bridgehead atoms. The lowest BCUT2D eigenvalue weighted by atomic mass is 9.91. The number of hydrogen-bond acceptors (Lipinski definition) is 4. The zero-order chi connectivity index (χ0) is 17.3. The Balaban J connectivity index is 1.93. The van der Waals surface area contributed by atoms with Crippen molar-refractivity contribution in [2.75, 3.05) is 31.1 Å². The first-order chi connectivity index (χ1) is 11.5. The van der Waals surface area contributed by atoms with E-state index >= 15 is 0 Å². The van der Waals surface area contributed by atoms with Gasteiger partial charge in [0.2, 0.25) is 0 Å². The van der Waals surface area contributed by atoms with Gasteiger partial charge < -0.3 is 9.80 Å². The highest BCUT2D eigenvalue weighted by Crippen LogP contribution is 2.31. The fourth-order valence-corrected chi connectivity index (χ4v) is 4.02. The molecule has 0 unspecified atom stereocenters. The minimum Gasteiger partial charge on any atom is -0.371 e. The van der Waals surface area contributed by atoms with Crippen LogP contribution in [-0.4, -0.2) is 41.9 Å². The quantitative estimate of drug-likeness (QED) is 0.629. The Bertz CT molecular complexity index is 630. The number of carbonyl (C=O) groups excluding carboxylic acids is 1. The second-order valence-corrected chi connectivity index (χ2v) is 7.31. The largest absolute Gasteiger partial charge is 0.371 e. The van der Waals surface area contributed by atoms with Crippen molar-refractivity contribution in [2.45, 2.75) is 33.1 Å². The first-order valence-corrected chi connectivity index (χ1v) is 8.78. The Morgan fingerprint density at radius 3 is 2.38 bits per heavy atom. The predicted molar refractivity (Wildman–Crippen MR) is 93.4 cm³/mol. The summed E-state index contributed by atoms with van der Waals surface area (Å²) in [4.78, 5) is 27.6. The molecule has 3 rings (SSSR count). The highest BCUT2D eigenvalue weighted by atomic mass is 16.6. The summed E-state index contributed by atoms with van der Waals surface area (Å²) < 4.78 is 0. The van der Waals surface area contributed by atoms with Gasteiger partial charge >= 0.3 is 0 Å². The summed E-state index contributed by atoms with van der Waals surface area (Å²) in [5.74, 6) is 0.961. The topological polar surface area (TPSA) is 66.7 Å². The Morgan fingerprint density at radius 1 is 1.17 bits per heavy atom. The first-order valence-electron chi connectivity index (χ1n) is 8.78. The molecular weight excluding hydrogens is 306 g/mol. The summed E-state index contributed by atoms with van der Waals surface area (Å²) in [7, 11) is 0. The van der Waals surface area contributed by atoms with Crippen LogP contribution in [0.25, 0.3) is 0 Å². The van der Waals surface area contributed by atoms with Crippen LogP contribution in [0.5, 0.6) is 0 Å². The van der Waals surface area contributed by atoms with Crippen molar-refractivity contribution in [3.63, 3.8) is 0 Å². The molecule has 2 heterocycles. The number of nitrogens with zero attached hydrogens (tertiary/aromatic N) is 3. The van der Waals surface area contributed by atoms with Gasteiger partial charge in [-0.25, -0.2) is 0 Å². The molecule has 2 saturated heterocycles. The Morgan fingerprint density at radius 2 is 1.79 bits per heavy atom. The third-order valence-electron chi connectivity index (χ3n) is 5.03. The van der Waals surface area contributed by atoms with Crippen LogP contribution in [0.2, 0.25) is 0 Å². The lowest BCUT2D eigenvalue weighted by molar-refractivity contribution is -0.385. The third kappa shape index (κ3) is 3.37. The Kier molecular flexibility index (Phi) is 4.73.